The number of aromatic nitrogens is 3. The molecule has 23 heavy (non-hydrogen) atoms. The highest BCUT2D eigenvalue weighted by molar-refractivity contribution is 7.90. The lowest BCUT2D eigenvalue weighted by Crippen LogP contribution is -2.47. The van der Waals surface area contributed by atoms with Gasteiger partial charge in [-0.15, -0.1) is 0 Å². The molecule has 0 amide bonds. The zero-order chi connectivity index (χ0) is 16.4. The average Bonchev–Trinajstić information content (AvgIpc) is 3.03. The van der Waals surface area contributed by atoms with Crippen LogP contribution in [0.3, 0.4) is 0 Å². The first-order valence-corrected chi connectivity index (χ1v) is 10.1. The quantitative estimate of drug-likeness (QED) is 0.818. The van der Waals surface area contributed by atoms with Crippen molar-refractivity contribution in [1.29, 1.82) is 0 Å². The van der Waals surface area contributed by atoms with Gasteiger partial charge in [0.2, 0.25) is 5.13 Å². The molecule has 0 atom stereocenters. The Labute approximate surface area is 140 Å². The Kier molecular flexibility index (Phi) is 4.49. The summed E-state index contributed by atoms with van der Waals surface area (Å²) < 4.78 is 28.2. The van der Waals surface area contributed by atoms with Crippen molar-refractivity contribution in [2.75, 3.05) is 42.2 Å². The average molecular weight is 353 g/mol. The molecule has 0 spiro atoms. The fourth-order valence-corrected chi connectivity index (χ4v) is 4.18. The van der Waals surface area contributed by atoms with Crippen LogP contribution in [0.4, 0.5) is 10.9 Å². The van der Waals surface area contributed by atoms with Crippen molar-refractivity contribution in [1.82, 2.24) is 14.3 Å². The molecule has 1 fully saturated rings. The van der Waals surface area contributed by atoms with E-state index in [2.05, 4.69) is 19.2 Å². The molecular weight excluding hydrogens is 334 g/mol. The van der Waals surface area contributed by atoms with Crippen LogP contribution in [0.1, 0.15) is 12.7 Å². The second-order valence-electron chi connectivity index (χ2n) is 5.42. The molecule has 0 saturated carbocycles. The number of aryl methyl sites for hydroxylation is 1. The molecule has 0 bridgehead atoms. The normalized spacial score (nSPS) is 15.9. The molecule has 0 aliphatic carbocycles. The first kappa shape index (κ1) is 16.1. The molecule has 2 aromatic rings. The number of piperazine rings is 1. The highest BCUT2D eigenvalue weighted by Gasteiger charge is 2.24. The van der Waals surface area contributed by atoms with Crippen molar-refractivity contribution >= 4 is 32.3 Å². The van der Waals surface area contributed by atoms with Gasteiger partial charge in [-0.25, -0.2) is 18.4 Å². The predicted molar refractivity (Wildman–Crippen MR) is 91.1 cm³/mol. The number of anilines is 2. The van der Waals surface area contributed by atoms with Crippen LogP contribution in [0.5, 0.6) is 0 Å². The predicted octanol–water partition coefficient (Wildman–Crippen LogP) is 1.23. The van der Waals surface area contributed by atoms with Crippen molar-refractivity contribution in [3.8, 4) is 0 Å². The summed E-state index contributed by atoms with van der Waals surface area (Å²) in [6, 6.07) is 3.27. The van der Waals surface area contributed by atoms with Gasteiger partial charge < -0.3 is 9.80 Å². The van der Waals surface area contributed by atoms with Crippen molar-refractivity contribution < 1.29 is 8.42 Å². The maximum absolute atomic E-state index is 11.9. The Balaban J connectivity index is 1.75. The smallest absolute Gasteiger partial charge is 0.205 e. The van der Waals surface area contributed by atoms with Gasteiger partial charge in [-0.3, -0.25) is 0 Å². The van der Waals surface area contributed by atoms with Gasteiger partial charge in [0.05, 0.1) is 0 Å². The van der Waals surface area contributed by atoms with E-state index in [9.17, 15) is 8.42 Å². The van der Waals surface area contributed by atoms with E-state index in [0.29, 0.717) is 18.9 Å². The number of nitrogens with zero attached hydrogens (tertiary/aromatic N) is 5. The third-order valence-electron chi connectivity index (χ3n) is 3.77. The summed E-state index contributed by atoms with van der Waals surface area (Å²) in [7, 11) is -3.29. The van der Waals surface area contributed by atoms with Gasteiger partial charge >= 0.3 is 0 Å². The van der Waals surface area contributed by atoms with Crippen LogP contribution in [0.25, 0.3) is 0 Å². The molecule has 0 unspecified atom stereocenters. The van der Waals surface area contributed by atoms with Crippen molar-refractivity contribution in [3.05, 3.63) is 24.2 Å². The Morgan fingerprint density at radius 3 is 2.52 bits per heavy atom. The van der Waals surface area contributed by atoms with Gasteiger partial charge in [-0.1, -0.05) is 6.92 Å². The lowest BCUT2D eigenvalue weighted by molar-refractivity contribution is 0.598. The van der Waals surface area contributed by atoms with Crippen molar-refractivity contribution in [2.24, 2.45) is 0 Å². The van der Waals surface area contributed by atoms with Gasteiger partial charge in [0.1, 0.15) is 16.5 Å². The molecule has 1 aliphatic heterocycles. The summed E-state index contributed by atoms with van der Waals surface area (Å²) in [4.78, 5) is 13.3. The minimum atomic E-state index is -3.29. The van der Waals surface area contributed by atoms with Gasteiger partial charge in [0, 0.05) is 56.6 Å². The Morgan fingerprint density at radius 1 is 1.22 bits per heavy atom. The van der Waals surface area contributed by atoms with Gasteiger partial charge in [0.15, 0.2) is 9.84 Å². The van der Waals surface area contributed by atoms with Gasteiger partial charge in [0.25, 0.3) is 0 Å². The van der Waals surface area contributed by atoms with Gasteiger partial charge in [-0.05, 0) is 12.1 Å². The Bertz CT molecular complexity index is 782. The summed E-state index contributed by atoms with van der Waals surface area (Å²) in [5, 5.41) is 0.936. The lowest BCUT2D eigenvalue weighted by Gasteiger charge is -2.35. The molecule has 0 radical (unpaired) electrons. The van der Waals surface area contributed by atoms with Crippen LogP contribution in [-0.4, -0.2) is 55.2 Å². The molecule has 3 heterocycles. The fraction of sp³-hybridized carbons (Fsp3) is 0.500. The minimum absolute atomic E-state index is 0.289. The van der Waals surface area contributed by atoms with Crippen LogP contribution in [0, 0.1) is 0 Å². The molecule has 2 aromatic heterocycles. The highest BCUT2D eigenvalue weighted by Crippen LogP contribution is 2.25. The summed E-state index contributed by atoms with van der Waals surface area (Å²) in [5.41, 5.74) is 0. The number of hydrogen-bond donors (Lipinski definition) is 0. The van der Waals surface area contributed by atoms with Crippen LogP contribution in [-0.2, 0) is 16.3 Å². The van der Waals surface area contributed by atoms with E-state index >= 15 is 0 Å². The summed E-state index contributed by atoms with van der Waals surface area (Å²) in [6.45, 7) is 5.01. The fourth-order valence-electron chi connectivity index (χ4n) is 2.54. The number of rotatable bonds is 4. The topological polar surface area (TPSA) is 79.3 Å². The molecule has 124 valence electrons. The Hall–Kier alpha value is -1.74. The third kappa shape index (κ3) is 3.45. The van der Waals surface area contributed by atoms with E-state index in [1.807, 2.05) is 11.8 Å². The monoisotopic (exact) mass is 353 g/mol. The molecule has 1 saturated heterocycles. The van der Waals surface area contributed by atoms with Crippen LogP contribution in [0.15, 0.2) is 23.2 Å². The molecule has 0 N–H and O–H groups in total. The molecule has 9 heteroatoms. The number of sulfone groups is 1. The van der Waals surface area contributed by atoms with E-state index in [0.717, 1.165) is 30.5 Å². The van der Waals surface area contributed by atoms with E-state index in [1.165, 1.54) is 17.8 Å². The maximum Gasteiger partial charge on any atom is 0.205 e. The number of hydrogen-bond acceptors (Lipinski definition) is 8. The van der Waals surface area contributed by atoms with E-state index < -0.39 is 9.84 Å². The third-order valence-corrected chi connectivity index (χ3v) is 5.71. The van der Waals surface area contributed by atoms with Crippen LogP contribution < -0.4 is 9.80 Å². The second-order valence-corrected chi connectivity index (χ2v) is 8.13. The van der Waals surface area contributed by atoms with E-state index in [4.69, 9.17) is 0 Å². The van der Waals surface area contributed by atoms with Gasteiger partial charge in [-0.2, -0.15) is 4.37 Å². The summed E-state index contributed by atoms with van der Waals surface area (Å²) >= 11 is 1.42. The first-order chi connectivity index (χ1) is 11.0. The molecule has 3 rings (SSSR count). The molecule has 0 aromatic carbocycles. The minimum Gasteiger partial charge on any atom is -0.352 e. The van der Waals surface area contributed by atoms with E-state index in [1.54, 1.807) is 18.3 Å². The highest BCUT2D eigenvalue weighted by atomic mass is 32.2. The maximum atomic E-state index is 11.9. The summed E-state index contributed by atoms with van der Waals surface area (Å²) in [6.07, 6.45) is 3.69. The SMILES string of the molecule is CCc1nsc(N2CCN(c3ncccc3S(C)(=O)=O)CC2)n1. The lowest BCUT2D eigenvalue weighted by atomic mass is 10.3. The van der Waals surface area contributed by atoms with E-state index in [-0.39, 0.29) is 4.90 Å². The van der Waals surface area contributed by atoms with Crippen LogP contribution >= 0.6 is 11.5 Å². The van der Waals surface area contributed by atoms with Crippen molar-refractivity contribution in [3.63, 3.8) is 0 Å². The first-order valence-electron chi connectivity index (χ1n) is 7.46. The largest absolute Gasteiger partial charge is 0.352 e. The molecule has 1 aliphatic rings. The standard InChI is InChI=1S/C14H19N5O2S2/c1-3-12-16-14(22-17-12)19-9-7-18(8-10-19)13-11(23(2,20)21)5-4-6-15-13/h4-6H,3,7-10H2,1-2H3. The zero-order valence-electron chi connectivity index (χ0n) is 13.1. The van der Waals surface area contributed by atoms with Crippen molar-refractivity contribution in [2.45, 2.75) is 18.2 Å². The van der Waals surface area contributed by atoms with Crippen LogP contribution in [0.2, 0.25) is 0 Å². The summed E-state index contributed by atoms with van der Waals surface area (Å²) in [5.74, 6) is 1.41. The molecule has 7 nitrogen and oxygen atoms in total. The zero-order valence-corrected chi connectivity index (χ0v) is 14.8. The molecular formula is C14H19N5O2S2. The second kappa shape index (κ2) is 6.40. The Morgan fingerprint density at radius 2 is 1.91 bits per heavy atom. The number of pyridine rings is 1.